The fourth-order valence-corrected chi connectivity index (χ4v) is 7.56. The van der Waals surface area contributed by atoms with Gasteiger partial charge in [-0.2, -0.15) is 0 Å². The van der Waals surface area contributed by atoms with Gasteiger partial charge in [0.15, 0.2) is 11.6 Å². The van der Waals surface area contributed by atoms with E-state index in [1.165, 1.54) is 12.7 Å². The molecule has 0 saturated heterocycles. The van der Waals surface area contributed by atoms with Crippen LogP contribution in [0.4, 0.5) is 0 Å². The molecule has 0 amide bonds. The van der Waals surface area contributed by atoms with Crippen molar-refractivity contribution in [1.29, 1.82) is 0 Å². The molecule has 11 aromatic rings. The fourth-order valence-electron chi connectivity index (χ4n) is 7.56. The van der Waals surface area contributed by atoms with Crippen molar-refractivity contribution in [2.75, 3.05) is 0 Å². The lowest BCUT2D eigenvalue weighted by Crippen LogP contribution is -1.97. The number of aromatic nitrogens is 5. The minimum absolute atomic E-state index is 0.610. The number of rotatable bonds is 6. The molecule has 262 valence electrons. The van der Waals surface area contributed by atoms with E-state index < -0.39 is 0 Å². The van der Waals surface area contributed by atoms with Crippen molar-refractivity contribution in [2.24, 2.45) is 0 Å². The Labute approximate surface area is 320 Å². The highest BCUT2D eigenvalue weighted by atomic mass is 16.3. The summed E-state index contributed by atoms with van der Waals surface area (Å²) in [7, 11) is 0. The van der Waals surface area contributed by atoms with Crippen LogP contribution in [0.2, 0.25) is 0 Å². The molecule has 0 atom stereocenters. The maximum Gasteiger partial charge on any atom is 0.162 e. The van der Waals surface area contributed by atoms with Crippen molar-refractivity contribution in [1.82, 2.24) is 24.9 Å². The second-order valence-corrected chi connectivity index (χ2v) is 13.8. The lowest BCUT2D eigenvalue weighted by Gasteiger charge is -2.13. The first-order valence-corrected chi connectivity index (χ1v) is 18.4. The van der Waals surface area contributed by atoms with Gasteiger partial charge in [-0.3, -0.25) is 0 Å². The first kappa shape index (κ1) is 31.7. The van der Waals surface area contributed by atoms with Gasteiger partial charge >= 0.3 is 0 Å². The summed E-state index contributed by atoms with van der Waals surface area (Å²) < 4.78 is 12.4. The van der Waals surface area contributed by atoms with Crippen molar-refractivity contribution in [3.8, 4) is 67.5 Å². The normalized spacial score (nSPS) is 11.6. The van der Waals surface area contributed by atoms with Crippen LogP contribution in [0, 0.1) is 0 Å². The van der Waals surface area contributed by atoms with Crippen LogP contribution in [0.15, 0.2) is 185 Å². The lowest BCUT2D eigenvalue weighted by atomic mass is 9.93. The van der Waals surface area contributed by atoms with E-state index in [1.54, 1.807) is 0 Å². The maximum absolute atomic E-state index is 6.21. The molecule has 7 nitrogen and oxygen atoms in total. The van der Waals surface area contributed by atoms with Crippen molar-refractivity contribution >= 4 is 43.9 Å². The Morgan fingerprint density at radius 3 is 1.36 bits per heavy atom. The summed E-state index contributed by atoms with van der Waals surface area (Å²) in [4.78, 5) is 23.0. The first-order chi connectivity index (χ1) is 27.7. The first-order valence-electron chi connectivity index (χ1n) is 18.4. The standard InChI is InChI=1S/C49H29N5O2/c1-2-8-30(9-3-1)42-27-43(54-49(53-42)32-16-14-31(15-17-32)48-51-28-50-29-52-48)37-23-35(33-18-20-46-40(25-33)38-10-4-6-12-44(38)55-46)22-36(24-37)34-19-21-47-41(26-34)39-11-5-7-13-45(39)56-47/h1-29H. The van der Waals surface area contributed by atoms with Crippen LogP contribution in [0.3, 0.4) is 0 Å². The number of nitrogens with zero attached hydrogens (tertiary/aromatic N) is 5. The molecule has 0 aliphatic rings. The average Bonchev–Trinajstić information content (AvgIpc) is 3.84. The average molecular weight is 720 g/mol. The summed E-state index contributed by atoms with van der Waals surface area (Å²) in [6.45, 7) is 0. The molecular formula is C49H29N5O2. The molecule has 0 unspecified atom stereocenters. The van der Waals surface area contributed by atoms with Crippen LogP contribution in [0.5, 0.6) is 0 Å². The topological polar surface area (TPSA) is 90.7 Å². The van der Waals surface area contributed by atoms with E-state index in [4.69, 9.17) is 18.8 Å². The molecule has 0 aliphatic heterocycles. The third-order valence-corrected chi connectivity index (χ3v) is 10.3. The van der Waals surface area contributed by atoms with E-state index >= 15 is 0 Å². The molecule has 0 bridgehead atoms. The van der Waals surface area contributed by atoms with Crippen LogP contribution in [0.1, 0.15) is 0 Å². The predicted molar refractivity (Wildman–Crippen MR) is 223 cm³/mol. The van der Waals surface area contributed by atoms with Gasteiger partial charge in [0.25, 0.3) is 0 Å². The molecule has 11 rings (SSSR count). The fraction of sp³-hybridized carbons (Fsp3) is 0. The Bertz CT molecular complexity index is 3110. The van der Waals surface area contributed by atoms with Crippen molar-refractivity contribution in [2.45, 2.75) is 0 Å². The zero-order chi connectivity index (χ0) is 37.0. The van der Waals surface area contributed by atoms with E-state index in [0.717, 1.165) is 99.8 Å². The molecular weight excluding hydrogens is 691 g/mol. The number of para-hydroxylation sites is 2. The highest BCUT2D eigenvalue weighted by Crippen LogP contribution is 2.39. The van der Waals surface area contributed by atoms with Crippen molar-refractivity contribution < 1.29 is 8.83 Å². The van der Waals surface area contributed by atoms with E-state index in [0.29, 0.717) is 11.6 Å². The van der Waals surface area contributed by atoms with Gasteiger partial charge in [0, 0.05) is 43.8 Å². The van der Waals surface area contributed by atoms with Gasteiger partial charge in [0.1, 0.15) is 35.0 Å². The molecule has 0 saturated carbocycles. The molecule has 56 heavy (non-hydrogen) atoms. The van der Waals surface area contributed by atoms with Gasteiger partial charge in [0.2, 0.25) is 0 Å². The molecule has 0 radical (unpaired) electrons. The number of hydrogen-bond donors (Lipinski definition) is 0. The lowest BCUT2D eigenvalue weighted by molar-refractivity contribution is 0.668. The number of benzene rings is 7. The van der Waals surface area contributed by atoms with Crippen LogP contribution in [-0.2, 0) is 0 Å². The van der Waals surface area contributed by atoms with Gasteiger partial charge in [0.05, 0.1) is 11.4 Å². The maximum atomic E-state index is 6.21. The summed E-state index contributed by atoms with van der Waals surface area (Å²) in [5.41, 5.74) is 13.1. The molecule has 4 aromatic heterocycles. The smallest absolute Gasteiger partial charge is 0.162 e. The molecule has 4 heterocycles. The van der Waals surface area contributed by atoms with Crippen LogP contribution < -0.4 is 0 Å². The molecule has 0 fully saturated rings. The van der Waals surface area contributed by atoms with Gasteiger partial charge < -0.3 is 8.83 Å². The van der Waals surface area contributed by atoms with Gasteiger partial charge in [-0.15, -0.1) is 0 Å². The summed E-state index contributed by atoms with van der Waals surface area (Å²) >= 11 is 0. The molecule has 0 aliphatic carbocycles. The summed E-state index contributed by atoms with van der Waals surface area (Å²) in [6, 6.07) is 56.3. The van der Waals surface area contributed by atoms with E-state index in [1.807, 2.05) is 66.7 Å². The third kappa shape index (κ3) is 5.58. The summed E-state index contributed by atoms with van der Waals surface area (Å²) in [5, 5.41) is 4.33. The van der Waals surface area contributed by atoms with Gasteiger partial charge in [-0.1, -0.05) is 103 Å². The van der Waals surface area contributed by atoms with Crippen molar-refractivity contribution in [3.63, 3.8) is 0 Å². The van der Waals surface area contributed by atoms with Crippen LogP contribution in [0.25, 0.3) is 111 Å². The molecule has 0 spiro atoms. The molecule has 0 N–H and O–H groups in total. The minimum Gasteiger partial charge on any atom is -0.456 e. The Kier molecular flexibility index (Phi) is 7.35. The van der Waals surface area contributed by atoms with Crippen LogP contribution >= 0.6 is 0 Å². The Morgan fingerprint density at radius 1 is 0.304 bits per heavy atom. The highest BCUT2D eigenvalue weighted by molar-refractivity contribution is 6.07. The third-order valence-electron chi connectivity index (χ3n) is 10.3. The van der Waals surface area contributed by atoms with E-state index in [2.05, 4.69) is 112 Å². The SMILES string of the molecule is c1ccc(-c2cc(-c3cc(-c4ccc5oc6ccccc6c5c4)cc(-c4ccc5oc6ccccc6c5c4)c3)nc(-c3ccc(-c4ncncn4)cc3)n2)cc1. The van der Waals surface area contributed by atoms with E-state index in [9.17, 15) is 0 Å². The number of furan rings is 2. The second-order valence-electron chi connectivity index (χ2n) is 13.8. The Morgan fingerprint density at radius 2 is 0.768 bits per heavy atom. The largest absolute Gasteiger partial charge is 0.456 e. The Balaban J connectivity index is 1.11. The monoisotopic (exact) mass is 719 g/mol. The van der Waals surface area contributed by atoms with Crippen LogP contribution in [-0.4, -0.2) is 24.9 Å². The van der Waals surface area contributed by atoms with Crippen molar-refractivity contribution in [3.05, 3.63) is 176 Å². The molecule has 7 heteroatoms. The van der Waals surface area contributed by atoms with E-state index in [-0.39, 0.29) is 0 Å². The summed E-state index contributed by atoms with van der Waals surface area (Å²) in [5.74, 6) is 1.23. The highest BCUT2D eigenvalue weighted by Gasteiger charge is 2.16. The zero-order valence-corrected chi connectivity index (χ0v) is 29.8. The quantitative estimate of drug-likeness (QED) is 0.169. The predicted octanol–water partition coefficient (Wildman–Crippen LogP) is 12.5. The van der Waals surface area contributed by atoms with Gasteiger partial charge in [-0.25, -0.2) is 24.9 Å². The molecule has 7 aromatic carbocycles. The second kappa shape index (κ2) is 13.0. The minimum atomic E-state index is 0.610. The Hall–Kier alpha value is -7.77. The number of fused-ring (bicyclic) bond motifs is 6. The summed E-state index contributed by atoms with van der Waals surface area (Å²) in [6.07, 6.45) is 3.00. The van der Waals surface area contributed by atoms with Gasteiger partial charge in [-0.05, 0) is 82.9 Å². The number of hydrogen-bond acceptors (Lipinski definition) is 7. The zero-order valence-electron chi connectivity index (χ0n) is 29.8.